The van der Waals surface area contributed by atoms with Crippen molar-refractivity contribution in [2.45, 2.75) is 85.5 Å². The van der Waals surface area contributed by atoms with Crippen molar-refractivity contribution in [1.29, 1.82) is 0 Å². The van der Waals surface area contributed by atoms with E-state index in [1.54, 1.807) is 0 Å². The molecule has 1 nitrogen and oxygen atoms in total. The molecular formula is C20H34O. The summed E-state index contributed by atoms with van der Waals surface area (Å²) >= 11 is 0. The van der Waals surface area contributed by atoms with Crippen LogP contribution in [0.25, 0.3) is 0 Å². The number of hydrogen-bond acceptors (Lipinski definition) is 1. The minimum Gasteiger partial charge on any atom is -0.507 e. The largest absolute Gasteiger partial charge is 0.507 e. The third kappa shape index (κ3) is 6.11. The van der Waals surface area contributed by atoms with Crippen LogP contribution in [0.1, 0.15) is 88.8 Å². The molecule has 0 saturated carbocycles. The Kier molecular flexibility index (Phi) is 7.85. The highest BCUT2D eigenvalue weighted by atomic mass is 16.3. The van der Waals surface area contributed by atoms with Gasteiger partial charge in [0.25, 0.3) is 0 Å². The maximum atomic E-state index is 10.4. The van der Waals surface area contributed by atoms with E-state index < -0.39 is 0 Å². The molecule has 0 atom stereocenters. The van der Waals surface area contributed by atoms with Crippen molar-refractivity contribution < 1.29 is 5.11 Å². The molecule has 21 heavy (non-hydrogen) atoms. The average Bonchev–Trinajstić information content (AvgIpc) is 2.40. The van der Waals surface area contributed by atoms with Crippen molar-refractivity contribution in [3.8, 4) is 5.75 Å². The van der Waals surface area contributed by atoms with Crippen LogP contribution in [0, 0.1) is 12.8 Å². The molecule has 0 fully saturated rings. The monoisotopic (exact) mass is 290 g/mol. The van der Waals surface area contributed by atoms with Gasteiger partial charge in [0, 0.05) is 0 Å². The summed E-state index contributed by atoms with van der Waals surface area (Å²) in [4.78, 5) is 0. The van der Waals surface area contributed by atoms with Gasteiger partial charge >= 0.3 is 0 Å². The fourth-order valence-corrected chi connectivity index (χ4v) is 2.92. The molecule has 1 heteroatoms. The van der Waals surface area contributed by atoms with Gasteiger partial charge in [-0.15, -0.1) is 0 Å². The number of aryl methyl sites for hydroxylation is 1. The molecule has 0 spiro atoms. The van der Waals surface area contributed by atoms with Crippen LogP contribution in [0.2, 0.25) is 0 Å². The summed E-state index contributed by atoms with van der Waals surface area (Å²) < 4.78 is 0. The first kappa shape index (κ1) is 18.1. The Morgan fingerprint density at radius 1 is 0.905 bits per heavy atom. The Balaban J connectivity index is 2.40. The lowest BCUT2D eigenvalue weighted by Gasteiger charge is -2.15. The van der Waals surface area contributed by atoms with E-state index in [-0.39, 0.29) is 0 Å². The average molecular weight is 290 g/mol. The second-order valence-electron chi connectivity index (χ2n) is 7.15. The highest BCUT2D eigenvalue weighted by Crippen LogP contribution is 2.32. The number of unbranched alkanes of at least 4 members (excludes halogenated alkanes) is 4. The zero-order valence-corrected chi connectivity index (χ0v) is 14.7. The first-order valence-corrected chi connectivity index (χ1v) is 8.74. The molecule has 0 unspecified atom stereocenters. The lowest BCUT2D eigenvalue weighted by atomic mass is 9.93. The van der Waals surface area contributed by atoms with Crippen LogP contribution in [0.5, 0.6) is 5.75 Å². The van der Waals surface area contributed by atoms with Gasteiger partial charge in [0.1, 0.15) is 5.75 Å². The fraction of sp³-hybridized carbons (Fsp3) is 0.700. The van der Waals surface area contributed by atoms with Gasteiger partial charge in [0.15, 0.2) is 0 Å². The van der Waals surface area contributed by atoms with Gasteiger partial charge in [-0.25, -0.2) is 0 Å². The van der Waals surface area contributed by atoms with E-state index in [2.05, 4.69) is 46.8 Å². The summed E-state index contributed by atoms with van der Waals surface area (Å²) in [6, 6.07) is 4.23. The number of aromatic hydroxyl groups is 1. The molecule has 1 aromatic rings. The van der Waals surface area contributed by atoms with Gasteiger partial charge in [0.05, 0.1) is 0 Å². The second-order valence-corrected chi connectivity index (χ2v) is 7.15. The summed E-state index contributed by atoms with van der Waals surface area (Å²) in [5.74, 6) is 1.77. The summed E-state index contributed by atoms with van der Waals surface area (Å²) in [6.45, 7) is 11.0. The SMILES string of the molecule is Cc1ccc(C(C)C)c(O)c1CCCCCCCC(C)C. The Bertz CT molecular complexity index is 418. The van der Waals surface area contributed by atoms with Crippen molar-refractivity contribution in [1.82, 2.24) is 0 Å². The molecule has 120 valence electrons. The zero-order valence-electron chi connectivity index (χ0n) is 14.7. The highest BCUT2D eigenvalue weighted by Gasteiger charge is 2.12. The third-order valence-corrected chi connectivity index (χ3v) is 4.38. The number of benzene rings is 1. The predicted octanol–water partition coefficient (Wildman–Crippen LogP) is 6.36. The van der Waals surface area contributed by atoms with Gasteiger partial charge in [-0.1, -0.05) is 71.9 Å². The molecule has 0 amide bonds. The van der Waals surface area contributed by atoms with Crippen LogP contribution in [0.4, 0.5) is 0 Å². The van der Waals surface area contributed by atoms with E-state index in [1.165, 1.54) is 49.7 Å². The van der Waals surface area contributed by atoms with Crippen LogP contribution in [0.3, 0.4) is 0 Å². The van der Waals surface area contributed by atoms with Gasteiger partial charge < -0.3 is 5.11 Å². The predicted molar refractivity (Wildman–Crippen MR) is 93.2 cm³/mol. The normalized spacial score (nSPS) is 11.6. The molecule has 1 rings (SSSR count). The Labute approximate surface area is 131 Å². The van der Waals surface area contributed by atoms with E-state index in [1.807, 2.05) is 0 Å². The summed E-state index contributed by atoms with van der Waals surface area (Å²) in [7, 11) is 0. The number of rotatable bonds is 9. The number of phenolic OH excluding ortho intramolecular Hbond substituents is 1. The minimum absolute atomic E-state index is 0.389. The molecule has 0 saturated heterocycles. The van der Waals surface area contributed by atoms with Crippen molar-refractivity contribution >= 4 is 0 Å². The van der Waals surface area contributed by atoms with Gasteiger partial charge in [-0.05, 0) is 48.3 Å². The minimum atomic E-state index is 0.389. The fourth-order valence-electron chi connectivity index (χ4n) is 2.92. The summed E-state index contributed by atoms with van der Waals surface area (Å²) in [5, 5.41) is 10.4. The summed E-state index contributed by atoms with van der Waals surface area (Å²) in [6.07, 6.45) is 8.90. The van der Waals surface area contributed by atoms with E-state index in [9.17, 15) is 5.11 Å². The molecule has 0 radical (unpaired) electrons. The maximum Gasteiger partial charge on any atom is 0.122 e. The lowest BCUT2D eigenvalue weighted by molar-refractivity contribution is 0.454. The molecule has 0 heterocycles. The molecule has 0 aliphatic carbocycles. The van der Waals surface area contributed by atoms with Crippen molar-refractivity contribution in [3.05, 3.63) is 28.8 Å². The van der Waals surface area contributed by atoms with Crippen molar-refractivity contribution in [3.63, 3.8) is 0 Å². The molecular weight excluding hydrogens is 256 g/mol. The first-order valence-electron chi connectivity index (χ1n) is 8.74. The van der Waals surface area contributed by atoms with E-state index in [4.69, 9.17) is 0 Å². The van der Waals surface area contributed by atoms with Crippen LogP contribution in [-0.2, 0) is 6.42 Å². The topological polar surface area (TPSA) is 20.2 Å². The molecule has 0 bridgehead atoms. The highest BCUT2D eigenvalue weighted by molar-refractivity contribution is 5.46. The standard InChI is InChI=1S/C20H34O/c1-15(2)11-9-7-6-8-10-12-19-17(5)13-14-18(16(3)4)20(19)21/h13-16,21H,6-12H2,1-5H3. The van der Waals surface area contributed by atoms with E-state index >= 15 is 0 Å². The van der Waals surface area contributed by atoms with Gasteiger partial charge in [0.2, 0.25) is 0 Å². The second kappa shape index (κ2) is 9.12. The lowest BCUT2D eigenvalue weighted by Crippen LogP contribution is -1.97. The van der Waals surface area contributed by atoms with Crippen molar-refractivity contribution in [2.24, 2.45) is 5.92 Å². The molecule has 0 aliphatic rings. The summed E-state index contributed by atoms with van der Waals surface area (Å²) in [5.41, 5.74) is 3.49. The third-order valence-electron chi connectivity index (χ3n) is 4.38. The molecule has 0 aliphatic heterocycles. The van der Waals surface area contributed by atoms with Gasteiger partial charge in [-0.2, -0.15) is 0 Å². The van der Waals surface area contributed by atoms with Crippen LogP contribution < -0.4 is 0 Å². The van der Waals surface area contributed by atoms with Gasteiger partial charge in [-0.3, -0.25) is 0 Å². The maximum absolute atomic E-state index is 10.4. The van der Waals surface area contributed by atoms with Crippen LogP contribution in [-0.4, -0.2) is 5.11 Å². The Hall–Kier alpha value is -0.980. The number of hydrogen-bond donors (Lipinski definition) is 1. The van der Waals surface area contributed by atoms with E-state index in [0.29, 0.717) is 11.7 Å². The zero-order chi connectivity index (χ0) is 15.8. The van der Waals surface area contributed by atoms with E-state index in [0.717, 1.165) is 17.9 Å². The van der Waals surface area contributed by atoms with Crippen molar-refractivity contribution in [2.75, 3.05) is 0 Å². The van der Waals surface area contributed by atoms with Crippen LogP contribution in [0.15, 0.2) is 12.1 Å². The molecule has 1 aromatic carbocycles. The molecule has 1 N–H and O–H groups in total. The molecule has 0 aromatic heterocycles. The Morgan fingerprint density at radius 3 is 2.14 bits per heavy atom. The Morgan fingerprint density at radius 2 is 1.52 bits per heavy atom. The quantitative estimate of drug-likeness (QED) is 0.524. The smallest absolute Gasteiger partial charge is 0.122 e. The van der Waals surface area contributed by atoms with Crippen LogP contribution >= 0.6 is 0 Å². The number of phenols is 1. The first-order chi connectivity index (χ1) is 9.93.